The van der Waals surface area contributed by atoms with Crippen LogP contribution in [0, 0.1) is 0 Å². The maximum Gasteiger partial charge on any atom is 0.471 e. The van der Waals surface area contributed by atoms with Gasteiger partial charge in [0, 0.05) is 44.0 Å². The van der Waals surface area contributed by atoms with Gasteiger partial charge in [0.25, 0.3) is 0 Å². The number of hydrogen-bond donors (Lipinski definition) is 1. The van der Waals surface area contributed by atoms with Gasteiger partial charge in [-0.2, -0.15) is 13.2 Å². The Morgan fingerprint density at radius 1 is 1.09 bits per heavy atom. The van der Waals surface area contributed by atoms with Crippen LogP contribution in [0.4, 0.5) is 24.5 Å². The fourth-order valence-corrected chi connectivity index (χ4v) is 2.35. The molecule has 1 fully saturated rings. The number of nitrogens with one attached hydrogen (secondary N) is 1. The normalized spacial score (nSPS) is 15.5. The van der Waals surface area contributed by atoms with E-state index in [0.717, 1.165) is 10.6 Å². The summed E-state index contributed by atoms with van der Waals surface area (Å²) in [6, 6.07) is 7.09. The molecule has 23 heavy (non-hydrogen) atoms. The van der Waals surface area contributed by atoms with Gasteiger partial charge in [0.2, 0.25) is 5.91 Å². The number of nitrogens with zero attached hydrogens (tertiary/aromatic N) is 2. The summed E-state index contributed by atoms with van der Waals surface area (Å²) in [5, 5.41) is 2.72. The van der Waals surface area contributed by atoms with Crippen molar-refractivity contribution in [3.8, 4) is 0 Å². The highest BCUT2D eigenvalue weighted by Crippen LogP contribution is 2.22. The predicted octanol–water partition coefficient (Wildman–Crippen LogP) is 2.25. The molecule has 2 rings (SSSR count). The van der Waals surface area contributed by atoms with Crippen LogP contribution >= 0.6 is 0 Å². The number of hydrogen-bond acceptors (Lipinski definition) is 3. The van der Waals surface area contributed by atoms with Crippen molar-refractivity contribution in [2.45, 2.75) is 19.5 Å². The lowest BCUT2D eigenvalue weighted by Crippen LogP contribution is -2.52. The Balaban J connectivity index is 1.93. The topological polar surface area (TPSA) is 52.7 Å². The molecule has 126 valence electrons. The van der Waals surface area contributed by atoms with Crippen molar-refractivity contribution in [1.82, 2.24) is 4.90 Å². The summed E-state index contributed by atoms with van der Waals surface area (Å²) in [7, 11) is 0. The number of carbonyl (C=O) groups is 2. The molecule has 1 heterocycles. The van der Waals surface area contributed by atoms with Gasteiger partial charge in [-0.15, -0.1) is 0 Å². The molecule has 0 saturated carbocycles. The fourth-order valence-electron chi connectivity index (χ4n) is 2.35. The second kappa shape index (κ2) is 6.89. The SMILES string of the molecule is CCC(=O)Nc1ccc(N2CCN(C(=O)C(F)(F)F)CC2)cc1. The Morgan fingerprint density at radius 3 is 2.13 bits per heavy atom. The van der Waals surface area contributed by atoms with Crippen LogP contribution in [0.3, 0.4) is 0 Å². The number of piperazine rings is 1. The van der Waals surface area contributed by atoms with Gasteiger partial charge < -0.3 is 15.1 Å². The van der Waals surface area contributed by atoms with E-state index < -0.39 is 12.1 Å². The van der Waals surface area contributed by atoms with Crippen LogP contribution < -0.4 is 10.2 Å². The van der Waals surface area contributed by atoms with E-state index in [4.69, 9.17) is 0 Å². The first-order valence-corrected chi connectivity index (χ1v) is 7.32. The molecule has 1 aliphatic rings. The van der Waals surface area contributed by atoms with Gasteiger partial charge in [-0.25, -0.2) is 0 Å². The molecule has 1 saturated heterocycles. The molecule has 1 aromatic carbocycles. The summed E-state index contributed by atoms with van der Waals surface area (Å²) < 4.78 is 37.2. The van der Waals surface area contributed by atoms with Crippen molar-refractivity contribution in [3.05, 3.63) is 24.3 Å². The zero-order valence-electron chi connectivity index (χ0n) is 12.7. The Kier molecular flexibility index (Phi) is 5.12. The molecule has 0 spiro atoms. The van der Waals surface area contributed by atoms with Crippen molar-refractivity contribution < 1.29 is 22.8 Å². The standard InChI is InChI=1S/C15H18F3N3O2/c1-2-13(22)19-11-3-5-12(6-4-11)20-7-9-21(10-8-20)14(23)15(16,17)18/h3-6H,2,7-10H2,1H3,(H,19,22). The van der Waals surface area contributed by atoms with Gasteiger partial charge in [0.1, 0.15) is 0 Å². The van der Waals surface area contributed by atoms with E-state index in [1.54, 1.807) is 31.2 Å². The third-order valence-electron chi connectivity index (χ3n) is 3.65. The number of anilines is 2. The zero-order valence-corrected chi connectivity index (χ0v) is 12.7. The molecule has 8 heteroatoms. The molecule has 1 N–H and O–H groups in total. The van der Waals surface area contributed by atoms with Crippen molar-refractivity contribution in [2.24, 2.45) is 0 Å². The highest BCUT2D eigenvalue weighted by Gasteiger charge is 2.43. The largest absolute Gasteiger partial charge is 0.471 e. The van der Waals surface area contributed by atoms with Gasteiger partial charge in [-0.1, -0.05) is 6.92 Å². The average Bonchev–Trinajstić information content (AvgIpc) is 2.54. The molecule has 0 radical (unpaired) electrons. The van der Waals surface area contributed by atoms with Gasteiger partial charge in [0.15, 0.2) is 0 Å². The minimum atomic E-state index is -4.82. The number of alkyl halides is 3. The first-order valence-electron chi connectivity index (χ1n) is 7.32. The summed E-state index contributed by atoms with van der Waals surface area (Å²) in [4.78, 5) is 25.2. The molecular formula is C15H18F3N3O2. The van der Waals surface area contributed by atoms with Crippen LogP contribution in [0.25, 0.3) is 0 Å². The van der Waals surface area contributed by atoms with Crippen molar-refractivity contribution in [2.75, 3.05) is 36.4 Å². The Hall–Kier alpha value is -2.25. The smallest absolute Gasteiger partial charge is 0.368 e. The van der Waals surface area contributed by atoms with E-state index in [2.05, 4.69) is 5.32 Å². The lowest BCUT2D eigenvalue weighted by atomic mass is 10.2. The Bertz CT molecular complexity index is 564. The first kappa shape index (κ1) is 17.1. The van der Waals surface area contributed by atoms with Gasteiger partial charge in [0.05, 0.1) is 0 Å². The van der Waals surface area contributed by atoms with E-state index in [-0.39, 0.29) is 19.0 Å². The van der Waals surface area contributed by atoms with Crippen LogP contribution in [0.2, 0.25) is 0 Å². The van der Waals surface area contributed by atoms with E-state index in [9.17, 15) is 22.8 Å². The minimum absolute atomic E-state index is 0.0344. The summed E-state index contributed by atoms with van der Waals surface area (Å²) in [5.74, 6) is -1.87. The third-order valence-corrected chi connectivity index (χ3v) is 3.65. The van der Waals surface area contributed by atoms with Crippen LogP contribution in [0.1, 0.15) is 13.3 Å². The summed E-state index contributed by atoms with van der Waals surface area (Å²) in [5.41, 5.74) is 1.52. The highest BCUT2D eigenvalue weighted by molar-refractivity contribution is 5.90. The van der Waals surface area contributed by atoms with E-state index in [1.165, 1.54) is 0 Å². The number of carbonyl (C=O) groups excluding carboxylic acids is 2. The minimum Gasteiger partial charge on any atom is -0.368 e. The maximum absolute atomic E-state index is 12.4. The lowest BCUT2D eigenvalue weighted by molar-refractivity contribution is -0.185. The third kappa shape index (κ3) is 4.37. The predicted molar refractivity (Wildman–Crippen MR) is 80.2 cm³/mol. The molecule has 1 aliphatic heterocycles. The summed E-state index contributed by atoms with van der Waals surface area (Å²) in [6.07, 6.45) is -4.43. The van der Waals surface area contributed by atoms with Crippen molar-refractivity contribution in [1.29, 1.82) is 0 Å². The molecule has 1 aromatic rings. The number of benzene rings is 1. The average molecular weight is 329 g/mol. The van der Waals surface area contributed by atoms with Crippen molar-refractivity contribution in [3.63, 3.8) is 0 Å². The number of halogens is 3. The fraction of sp³-hybridized carbons (Fsp3) is 0.467. The Labute approximate surface area is 132 Å². The number of rotatable bonds is 3. The molecule has 0 atom stereocenters. The number of amides is 2. The molecule has 0 unspecified atom stereocenters. The van der Waals surface area contributed by atoms with E-state index in [0.29, 0.717) is 25.2 Å². The van der Waals surface area contributed by atoms with Crippen LogP contribution in [-0.2, 0) is 9.59 Å². The molecule has 0 bridgehead atoms. The zero-order chi connectivity index (χ0) is 17.0. The second-order valence-corrected chi connectivity index (χ2v) is 5.23. The van der Waals surface area contributed by atoms with Gasteiger partial charge in [-0.3, -0.25) is 9.59 Å². The van der Waals surface area contributed by atoms with Gasteiger partial charge >= 0.3 is 12.1 Å². The maximum atomic E-state index is 12.4. The van der Waals surface area contributed by atoms with Crippen LogP contribution in [0.15, 0.2) is 24.3 Å². The van der Waals surface area contributed by atoms with Gasteiger partial charge in [-0.05, 0) is 24.3 Å². The quantitative estimate of drug-likeness (QED) is 0.925. The molecule has 5 nitrogen and oxygen atoms in total. The van der Waals surface area contributed by atoms with Crippen molar-refractivity contribution >= 4 is 23.2 Å². The van der Waals surface area contributed by atoms with Crippen LogP contribution in [0.5, 0.6) is 0 Å². The molecule has 0 aliphatic carbocycles. The highest BCUT2D eigenvalue weighted by atomic mass is 19.4. The molecular weight excluding hydrogens is 311 g/mol. The first-order chi connectivity index (χ1) is 10.8. The van der Waals surface area contributed by atoms with Crippen LogP contribution in [-0.4, -0.2) is 49.1 Å². The summed E-state index contributed by atoms with van der Waals surface area (Å²) in [6.45, 7) is 2.50. The molecule has 2 amide bonds. The Morgan fingerprint density at radius 2 is 1.65 bits per heavy atom. The summed E-state index contributed by atoms with van der Waals surface area (Å²) >= 11 is 0. The lowest BCUT2D eigenvalue weighted by Gasteiger charge is -2.36. The second-order valence-electron chi connectivity index (χ2n) is 5.23. The van der Waals surface area contributed by atoms with E-state index in [1.807, 2.05) is 4.90 Å². The van der Waals surface area contributed by atoms with E-state index >= 15 is 0 Å². The molecule has 0 aromatic heterocycles. The monoisotopic (exact) mass is 329 g/mol.